The van der Waals surface area contributed by atoms with Gasteiger partial charge in [0.15, 0.2) is 0 Å². The second-order valence-electron chi connectivity index (χ2n) is 5.23. The molecule has 0 spiro atoms. The molecule has 0 aliphatic rings. The van der Waals surface area contributed by atoms with Gasteiger partial charge in [0.2, 0.25) is 11.8 Å². The molecule has 2 N–H and O–H groups in total. The number of benzene rings is 2. The summed E-state index contributed by atoms with van der Waals surface area (Å²) in [4.78, 5) is 23.5. The number of hydrogen-bond acceptors (Lipinski definition) is 3. The molecular weight excluding hydrogens is 326 g/mol. The highest BCUT2D eigenvalue weighted by Gasteiger charge is 2.08. The van der Waals surface area contributed by atoms with Crippen LogP contribution in [0.25, 0.3) is 0 Å². The summed E-state index contributed by atoms with van der Waals surface area (Å²) in [6, 6.07) is 14.7. The summed E-state index contributed by atoms with van der Waals surface area (Å²) in [5.41, 5.74) is 4.97. The average Bonchev–Trinajstić information content (AvgIpc) is 2.57. The van der Waals surface area contributed by atoms with Gasteiger partial charge in [0, 0.05) is 12.8 Å². The standard InChI is InChI=1S/C18H18ClN3O2/c1-13-6-8-14(9-7-13)12-20-22-18(24)11-10-17(23)21-16-5-3-2-4-15(16)19/h2-9,12H,10-11H2,1H3,(H,21,23)(H,22,24)/b20-12+. The second kappa shape index (κ2) is 8.84. The van der Waals surface area contributed by atoms with Gasteiger partial charge in [-0.15, -0.1) is 0 Å². The third-order valence-corrected chi connectivity index (χ3v) is 3.54. The number of halogens is 1. The van der Waals surface area contributed by atoms with Gasteiger partial charge in [-0.05, 0) is 24.6 Å². The largest absolute Gasteiger partial charge is 0.325 e. The first-order valence-electron chi connectivity index (χ1n) is 7.47. The van der Waals surface area contributed by atoms with Crippen LogP contribution in [0.15, 0.2) is 53.6 Å². The lowest BCUT2D eigenvalue weighted by atomic mass is 10.2. The van der Waals surface area contributed by atoms with Crippen molar-refractivity contribution in [2.45, 2.75) is 19.8 Å². The summed E-state index contributed by atoms with van der Waals surface area (Å²) in [6.45, 7) is 2.00. The van der Waals surface area contributed by atoms with Crippen molar-refractivity contribution in [3.8, 4) is 0 Å². The number of aryl methyl sites for hydroxylation is 1. The Morgan fingerprint density at radius 2 is 1.71 bits per heavy atom. The third-order valence-electron chi connectivity index (χ3n) is 3.21. The lowest BCUT2D eigenvalue weighted by Crippen LogP contribution is -2.20. The van der Waals surface area contributed by atoms with Gasteiger partial charge in [0.1, 0.15) is 0 Å². The molecule has 0 saturated carbocycles. The number of anilines is 1. The van der Waals surface area contributed by atoms with Crippen molar-refractivity contribution in [1.29, 1.82) is 0 Å². The van der Waals surface area contributed by atoms with Gasteiger partial charge < -0.3 is 5.32 Å². The Labute approximate surface area is 145 Å². The Morgan fingerprint density at radius 1 is 1.04 bits per heavy atom. The van der Waals surface area contributed by atoms with E-state index >= 15 is 0 Å². The predicted molar refractivity (Wildman–Crippen MR) is 96.2 cm³/mol. The minimum absolute atomic E-state index is 0.0432. The van der Waals surface area contributed by atoms with E-state index in [0.29, 0.717) is 10.7 Å². The van der Waals surface area contributed by atoms with Crippen LogP contribution in [0.1, 0.15) is 24.0 Å². The van der Waals surface area contributed by atoms with Gasteiger partial charge in [0.05, 0.1) is 16.9 Å². The monoisotopic (exact) mass is 343 g/mol. The SMILES string of the molecule is Cc1ccc(/C=N/NC(=O)CCC(=O)Nc2ccccc2Cl)cc1. The van der Waals surface area contributed by atoms with Crippen molar-refractivity contribution in [1.82, 2.24) is 5.43 Å². The molecule has 0 heterocycles. The number of rotatable bonds is 6. The number of carbonyl (C=O) groups is 2. The van der Waals surface area contributed by atoms with Crippen molar-refractivity contribution in [3.63, 3.8) is 0 Å². The van der Waals surface area contributed by atoms with Crippen LogP contribution in [0.5, 0.6) is 0 Å². The van der Waals surface area contributed by atoms with Crippen molar-refractivity contribution >= 4 is 35.3 Å². The maximum atomic E-state index is 11.8. The topological polar surface area (TPSA) is 70.6 Å². The number of nitrogens with one attached hydrogen (secondary N) is 2. The van der Waals surface area contributed by atoms with Crippen LogP contribution in [0.3, 0.4) is 0 Å². The molecule has 0 aliphatic carbocycles. The molecule has 0 fully saturated rings. The quantitative estimate of drug-likeness (QED) is 0.622. The fraction of sp³-hybridized carbons (Fsp3) is 0.167. The molecule has 2 amide bonds. The summed E-state index contributed by atoms with van der Waals surface area (Å²) < 4.78 is 0. The maximum absolute atomic E-state index is 11.8. The smallest absolute Gasteiger partial charge is 0.240 e. The highest BCUT2D eigenvalue weighted by atomic mass is 35.5. The highest BCUT2D eigenvalue weighted by molar-refractivity contribution is 6.33. The van der Waals surface area contributed by atoms with Crippen molar-refractivity contribution in [2.24, 2.45) is 5.10 Å². The molecule has 0 atom stereocenters. The van der Waals surface area contributed by atoms with E-state index in [1.165, 1.54) is 0 Å². The lowest BCUT2D eigenvalue weighted by Gasteiger charge is -2.06. The number of carbonyl (C=O) groups excluding carboxylic acids is 2. The Morgan fingerprint density at radius 3 is 2.42 bits per heavy atom. The van der Waals surface area contributed by atoms with Crippen LogP contribution in [-0.4, -0.2) is 18.0 Å². The molecule has 5 nitrogen and oxygen atoms in total. The fourth-order valence-corrected chi connectivity index (χ4v) is 2.07. The maximum Gasteiger partial charge on any atom is 0.240 e. The lowest BCUT2D eigenvalue weighted by molar-refractivity contribution is -0.124. The van der Waals surface area contributed by atoms with Gasteiger partial charge in [-0.3, -0.25) is 9.59 Å². The third kappa shape index (κ3) is 5.85. The Balaban J connectivity index is 1.73. The second-order valence-corrected chi connectivity index (χ2v) is 5.64. The molecule has 0 unspecified atom stereocenters. The first-order valence-corrected chi connectivity index (χ1v) is 7.85. The molecule has 0 aromatic heterocycles. The molecule has 2 aromatic carbocycles. The van der Waals surface area contributed by atoms with E-state index in [2.05, 4.69) is 15.8 Å². The van der Waals surface area contributed by atoms with E-state index in [1.807, 2.05) is 31.2 Å². The van der Waals surface area contributed by atoms with E-state index < -0.39 is 0 Å². The van der Waals surface area contributed by atoms with Crippen LogP contribution in [0.4, 0.5) is 5.69 Å². The Hall–Kier alpha value is -2.66. The molecule has 2 aromatic rings. The van der Waals surface area contributed by atoms with Gasteiger partial charge in [-0.2, -0.15) is 5.10 Å². The zero-order valence-electron chi connectivity index (χ0n) is 13.3. The predicted octanol–water partition coefficient (Wildman–Crippen LogP) is 3.52. The van der Waals surface area contributed by atoms with Crippen molar-refractivity contribution in [3.05, 3.63) is 64.7 Å². The molecule has 0 radical (unpaired) electrons. The molecule has 0 saturated heterocycles. The van der Waals surface area contributed by atoms with Gasteiger partial charge in [-0.1, -0.05) is 53.6 Å². The molecule has 2 rings (SSSR count). The molecule has 6 heteroatoms. The molecule has 124 valence electrons. The number of amides is 2. The van der Waals surface area contributed by atoms with E-state index in [9.17, 15) is 9.59 Å². The number of hydrazone groups is 1. The number of para-hydroxylation sites is 1. The molecule has 24 heavy (non-hydrogen) atoms. The van der Waals surface area contributed by atoms with E-state index in [4.69, 9.17) is 11.6 Å². The minimum atomic E-state index is -0.326. The summed E-state index contributed by atoms with van der Waals surface area (Å²) in [5.74, 6) is -0.603. The summed E-state index contributed by atoms with van der Waals surface area (Å²) in [5, 5.41) is 6.99. The first-order chi connectivity index (χ1) is 11.5. The number of hydrogen-bond donors (Lipinski definition) is 2. The van der Waals surface area contributed by atoms with E-state index in [1.54, 1.807) is 30.5 Å². The normalized spacial score (nSPS) is 10.6. The molecular formula is C18H18ClN3O2. The Bertz CT molecular complexity index is 742. The fourth-order valence-electron chi connectivity index (χ4n) is 1.89. The first kappa shape index (κ1) is 17.7. The van der Waals surface area contributed by atoms with Gasteiger partial charge in [0.25, 0.3) is 0 Å². The van der Waals surface area contributed by atoms with Crippen LogP contribution in [0, 0.1) is 6.92 Å². The van der Waals surface area contributed by atoms with Crippen LogP contribution >= 0.6 is 11.6 Å². The van der Waals surface area contributed by atoms with Gasteiger partial charge >= 0.3 is 0 Å². The summed E-state index contributed by atoms with van der Waals surface area (Å²) in [7, 11) is 0. The average molecular weight is 344 g/mol. The molecule has 0 bridgehead atoms. The van der Waals surface area contributed by atoms with Crippen molar-refractivity contribution in [2.75, 3.05) is 5.32 Å². The minimum Gasteiger partial charge on any atom is -0.325 e. The highest BCUT2D eigenvalue weighted by Crippen LogP contribution is 2.20. The van der Waals surface area contributed by atoms with Gasteiger partial charge in [-0.25, -0.2) is 5.43 Å². The summed E-state index contributed by atoms with van der Waals surface area (Å²) >= 11 is 5.95. The Kier molecular flexibility index (Phi) is 6.51. The molecule has 0 aliphatic heterocycles. The van der Waals surface area contributed by atoms with E-state index in [-0.39, 0.29) is 24.7 Å². The van der Waals surface area contributed by atoms with Crippen LogP contribution in [-0.2, 0) is 9.59 Å². The summed E-state index contributed by atoms with van der Waals surface area (Å²) in [6.07, 6.45) is 1.65. The number of nitrogens with zero attached hydrogens (tertiary/aromatic N) is 1. The van der Waals surface area contributed by atoms with E-state index in [0.717, 1.165) is 11.1 Å². The van der Waals surface area contributed by atoms with Crippen molar-refractivity contribution < 1.29 is 9.59 Å². The zero-order chi connectivity index (χ0) is 17.4. The van der Waals surface area contributed by atoms with Crippen LogP contribution in [0.2, 0.25) is 5.02 Å². The van der Waals surface area contributed by atoms with Crippen LogP contribution < -0.4 is 10.7 Å². The zero-order valence-corrected chi connectivity index (χ0v) is 14.0.